The molecule has 2 aromatic heterocycles. The molecule has 1 saturated heterocycles. The molecule has 1 aliphatic heterocycles. The Balaban J connectivity index is 1.45. The molecule has 14 heteroatoms. The van der Waals surface area contributed by atoms with Crippen LogP contribution in [-0.4, -0.2) is 76.2 Å². The van der Waals surface area contributed by atoms with Crippen molar-refractivity contribution in [2.45, 2.75) is 12.5 Å². The van der Waals surface area contributed by atoms with Crippen LogP contribution in [0.25, 0.3) is 0 Å². The van der Waals surface area contributed by atoms with Crippen molar-refractivity contribution in [3.05, 3.63) is 57.8 Å². The molecule has 194 valence electrons. The molecular weight excluding hydrogens is 523 g/mol. The fourth-order valence-corrected chi connectivity index (χ4v) is 4.18. The molecule has 1 amide bonds. The predicted molar refractivity (Wildman–Crippen MR) is 139 cm³/mol. The average molecular weight is 547 g/mol. The molecule has 0 spiro atoms. The lowest BCUT2D eigenvalue weighted by atomic mass is 10.1. The molecule has 0 saturated carbocycles. The summed E-state index contributed by atoms with van der Waals surface area (Å²) in [7, 11) is 1.44. The van der Waals surface area contributed by atoms with Crippen molar-refractivity contribution in [1.29, 1.82) is 0 Å². The minimum Gasteiger partial charge on any atom is -0.480 e. The molecular formula is C23H24Cl2N8O4. The van der Waals surface area contributed by atoms with Gasteiger partial charge < -0.3 is 30.7 Å². The van der Waals surface area contributed by atoms with E-state index < -0.39 is 17.9 Å². The smallest absolute Gasteiger partial charge is 0.326 e. The van der Waals surface area contributed by atoms with E-state index >= 15 is 0 Å². The van der Waals surface area contributed by atoms with Crippen LogP contribution in [0.5, 0.6) is 6.01 Å². The first-order valence-corrected chi connectivity index (χ1v) is 12.0. The molecule has 1 aromatic carbocycles. The SMILES string of the molecule is COc1nc(N[C@@H](Cc2ccc(NC(=O)c3c(Cl)cncc3Cl)cc2)C(=O)O)nc(N2CCNCC2)n1. The van der Waals surface area contributed by atoms with Gasteiger partial charge in [0.2, 0.25) is 11.9 Å². The number of halogens is 2. The number of rotatable bonds is 9. The molecule has 0 radical (unpaired) electrons. The lowest BCUT2D eigenvalue weighted by molar-refractivity contribution is -0.137. The first-order valence-electron chi connectivity index (χ1n) is 11.3. The summed E-state index contributed by atoms with van der Waals surface area (Å²) in [6.07, 6.45) is 2.79. The molecule has 4 rings (SSSR count). The minimum absolute atomic E-state index is 0.0877. The van der Waals surface area contributed by atoms with Gasteiger partial charge in [0.25, 0.3) is 5.91 Å². The Hall–Kier alpha value is -3.74. The van der Waals surface area contributed by atoms with Gasteiger partial charge in [0.15, 0.2) is 0 Å². The molecule has 0 aliphatic carbocycles. The zero-order valence-electron chi connectivity index (χ0n) is 19.7. The molecule has 1 atom stereocenters. The highest BCUT2D eigenvalue weighted by Crippen LogP contribution is 2.24. The van der Waals surface area contributed by atoms with E-state index in [4.69, 9.17) is 27.9 Å². The van der Waals surface area contributed by atoms with E-state index in [1.165, 1.54) is 19.5 Å². The Labute approximate surface area is 222 Å². The number of piperazine rings is 1. The van der Waals surface area contributed by atoms with E-state index in [9.17, 15) is 14.7 Å². The molecule has 3 heterocycles. The van der Waals surface area contributed by atoms with Crippen molar-refractivity contribution < 1.29 is 19.4 Å². The van der Waals surface area contributed by atoms with Crippen molar-refractivity contribution in [3.8, 4) is 6.01 Å². The molecule has 0 unspecified atom stereocenters. The Morgan fingerprint density at radius 2 is 1.78 bits per heavy atom. The number of methoxy groups -OCH3 is 1. The number of ether oxygens (including phenoxy) is 1. The van der Waals surface area contributed by atoms with Gasteiger partial charge in [0.1, 0.15) is 6.04 Å². The lowest BCUT2D eigenvalue weighted by Crippen LogP contribution is -2.44. The van der Waals surface area contributed by atoms with Crippen LogP contribution in [0.2, 0.25) is 10.0 Å². The fourth-order valence-electron chi connectivity index (χ4n) is 3.65. The first kappa shape index (κ1) is 26.3. The lowest BCUT2D eigenvalue weighted by Gasteiger charge is -2.27. The van der Waals surface area contributed by atoms with Crippen LogP contribution in [-0.2, 0) is 11.2 Å². The van der Waals surface area contributed by atoms with Crippen molar-refractivity contribution in [1.82, 2.24) is 25.3 Å². The van der Waals surface area contributed by atoms with Gasteiger partial charge in [0.05, 0.1) is 22.7 Å². The summed E-state index contributed by atoms with van der Waals surface area (Å²) < 4.78 is 5.19. The summed E-state index contributed by atoms with van der Waals surface area (Å²) in [4.78, 5) is 43.3. The summed E-state index contributed by atoms with van der Waals surface area (Å²) in [5, 5.41) is 18.9. The van der Waals surface area contributed by atoms with Gasteiger partial charge in [-0.25, -0.2) is 4.79 Å². The number of anilines is 3. The average Bonchev–Trinajstić information content (AvgIpc) is 2.89. The quantitative estimate of drug-likeness (QED) is 0.312. The topological polar surface area (TPSA) is 154 Å². The summed E-state index contributed by atoms with van der Waals surface area (Å²) in [5.41, 5.74) is 1.31. The van der Waals surface area contributed by atoms with Gasteiger partial charge in [0, 0.05) is 50.7 Å². The molecule has 37 heavy (non-hydrogen) atoms. The minimum atomic E-state index is -1.08. The summed E-state index contributed by atoms with van der Waals surface area (Å²) in [6, 6.07) is 5.79. The van der Waals surface area contributed by atoms with Gasteiger partial charge in [-0.3, -0.25) is 9.78 Å². The number of carbonyl (C=O) groups excluding carboxylic acids is 1. The molecule has 1 fully saturated rings. The van der Waals surface area contributed by atoms with E-state index in [0.29, 0.717) is 30.3 Å². The van der Waals surface area contributed by atoms with Gasteiger partial charge in [-0.05, 0) is 17.7 Å². The third kappa shape index (κ3) is 6.73. The number of aromatic nitrogens is 4. The third-order valence-corrected chi connectivity index (χ3v) is 6.09. The maximum Gasteiger partial charge on any atom is 0.326 e. The number of nitrogens with one attached hydrogen (secondary N) is 3. The maximum absolute atomic E-state index is 12.6. The molecule has 4 N–H and O–H groups in total. The van der Waals surface area contributed by atoms with E-state index in [-0.39, 0.29) is 34.0 Å². The standard InChI is InChI=1S/C23H24Cl2N8O4/c1-37-23-31-21(30-22(32-23)33-8-6-26-7-9-33)29-17(20(35)36)10-13-2-4-14(5-3-13)28-19(34)18-15(24)11-27-12-16(18)25/h2-5,11-12,17,26H,6-10H2,1H3,(H,28,34)(H,35,36)(H,29,30,31,32)/t17-/m0/s1. The normalized spacial score (nSPS) is 14.1. The number of carbonyl (C=O) groups is 2. The van der Waals surface area contributed by atoms with Crippen molar-refractivity contribution in [2.75, 3.05) is 48.8 Å². The van der Waals surface area contributed by atoms with Gasteiger partial charge >= 0.3 is 12.0 Å². The summed E-state index contributed by atoms with van der Waals surface area (Å²) >= 11 is 12.1. The Morgan fingerprint density at radius 3 is 2.41 bits per heavy atom. The number of aliphatic carboxylic acids is 1. The van der Waals surface area contributed by atoms with Gasteiger partial charge in [-0.15, -0.1) is 0 Å². The number of benzene rings is 1. The van der Waals surface area contributed by atoms with Crippen LogP contribution in [0.4, 0.5) is 17.6 Å². The van der Waals surface area contributed by atoms with E-state index in [1.54, 1.807) is 24.3 Å². The van der Waals surface area contributed by atoms with Crippen LogP contribution in [0.3, 0.4) is 0 Å². The van der Waals surface area contributed by atoms with Crippen molar-refractivity contribution >= 4 is 52.7 Å². The van der Waals surface area contributed by atoms with E-state index in [2.05, 4.69) is 35.9 Å². The monoisotopic (exact) mass is 546 g/mol. The second-order valence-corrected chi connectivity index (χ2v) is 8.87. The molecule has 0 bridgehead atoms. The second kappa shape index (κ2) is 12.0. The summed E-state index contributed by atoms with van der Waals surface area (Å²) in [5.74, 6) is -1.06. The van der Waals surface area contributed by atoms with Crippen LogP contribution < -0.4 is 25.6 Å². The number of carboxylic acids is 1. The second-order valence-electron chi connectivity index (χ2n) is 8.05. The number of nitrogens with zero attached hydrogens (tertiary/aromatic N) is 5. The number of amides is 1. The van der Waals surface area contributed by atoms with Crippen LogP contribution in [0.1, 0.15) is 15.9 Å². The number of carboxylic acid groups (broad SMARTS) is 1. The first-order chi connectivity index (χ1) is 17.8. The van der Waals surface area contributed by atoms with Gasteiger partial charge in [-0.2, -0.15) is 15.0 Å². The Morgan fingerprint density at radius 1 is 1.11 bits per heavy atom. The fraction of sp³-hybridized carbons (Fsp3) is 0.304. The van der Waals surface area contributed by atoms with Crippen LogP contribution in [0, 0.1) is 0 Å². The maximum atomic E-state index is 12.6. The highest BCUT2D eigenvalue weighted by atomic mass is 35.5. The number of hydrogen-bond acceptors (Lipinski definition) is 10. The summed E-state index contributed by atoms with van der Waals surface area (Å²) in [6.45, 7) is 2.98. The van der Waals surface area contributed by atoms with Crippen LogP contribution in [0.15, 0.2) is 36.7 Å². The van der Waals surface area contributed by atoms with Crippen molar-refractivity contribution in [3.63, 3.8) is 0 Å². The zero-order valence-corrected chi connectivity index (χ0v) is 21.3. The Bertz CT molecular complexity index is 1250. The molecule has 1 aliphatic rings. The predicted octanol–water partition coefficient (Wildman–Crippen LogP) is 2.35. The van der Waals surface area contributed by atoms with Crippen LogP contribution >= 0.6 is 23.2 Å². The number of pyridine rings is 1. The van der Waals surface area contributed by atoms with E-state index in [1.807, 2.05) is 4.90 Å². The highest BCUT2D eigenvalue weighted by molar-refractivity contribution is 6.40. The third-order valence-electron chi connectivity index (χ3n) is 5.52. The van der Waals surface area contributed by atoms with E-state index in [0.717, 1.165) is 13.1 Å². The molecule has 12 nitrogen and oxygen atoms in total. The Kier molecular flexibility index (Phi) is 8.54. The zero-order chi connectivity index (χ0) is 26.4. The largest absolute Gasteiger partial charge is 0.480 e. The number of hydrogen-bond donors (Lipinski definition) is 4. The molecule has 3 aromatic rings. The highest BCUT2D eigenvalue weighted by Gasteiger charge is 2.22. The van der Waals surface area contributed by atoms with Gasteiger partial charge in [-0.1, -0.05) is 35.3 Å². The van der Waals surface area contributed by atoms with Crippen molar-refractivity contribution in [2.24, 2.45) is 0 Å².